The first-order chi connectivity index (χ1) is 9.72. The Balaban J connectivity index is 2.09. The molecule has 4 nitrogen and oxygen atoms in total. The fraction of sp³-hybridized carbons (Fsp3) is 0.400. The molecule has 0 amide bonds. The zero-order valence-corrected chi connectivity index (χ0v) is 12.7. The second kappa shape index (κ2) is 7.26. The van der Waals surface area contributed by atoms with E-state index >= 15 is 0 Å². The fourth-order valence-corrected chi connectivity index (χ4v) is 2.40. The summed E-state index contributed by atoms with van der Waals surface area (Å²) in [6.07, 6.45) is 3.58. The van der Waals surface area contributed by atoms with Crippen LogP contribution in [0, 0.1) is 0 Å². The molecule has 0 saturated carbocycles. The summed E-state index contributed by atoms with van der Waals surface area (Å²) < 4.78 is 11.1. The molecule has 1 unspecified atom stereocenters. The normalized spacial score (nSPS) is 12.2. The molecule has 0 saturated heterocycles. The Morgan fingerprint density at radius 3 is 2.85 bits per heavy atom. The van der Waals surface area contributed by atoms with Crippen molar-refractivity contribution in [3.05, 3.63) is 40.3 Å². The van der Waals surface area contributed by atoms with Gasteiger partial charge in [-0.3, -0.25) is 0 Å². The summed E-state index contributed by atoms with van der Waals surface area (Å²) in [5, 5.41) is 2.88. The molecular weight excluding hydrogens is 272 g/mol. The molecule has 0 aliphatic heterocycles. The van der Waals surface area contributed by atoms with Gasteiger partial charge in [0.25, 0.3) is 0 Å². The fourth-order valence-electron chi connectivity index (χ4n) is 1.87. The lowest BCUT2D eigenvalue weighted by Crippen LogP contribution is -2.21. The maximum atomic E-state index is 6.00. The molecule has 1 atom stereocenters. The van der Waals surface area contributed by atoms with E-state index in [1.165, 1.54) is 0 Å². The number of nitrogens with two attached hydrogens (primary N) is 1. The number of aromatic nitrogens is 1. The van der Waals surface area contributed by atoms with Crippen LogP contribution in [-0.2, 0) is 13.0 Å². The van der Waals surface area contributed by atoms with Gasteiger partial charge in [-0.2, -0.15) is 0 Å². The number of hydrogen-bond donors (Lipinski definition) is 1. The first-order valence-electron chi connectivity index (χ1n) is 6.66. The first-order valence-corrected chi connectivity index (χ1v) is 7.54. The predicted octanol–water partition coefficient (Wildman–Crippen LogP) is 3.01. The van der Waals surface area contributed by atoms with Crippen molar-refractivity contribution in [1.82, 2.24) is 4.98 Å². The molecule has 108 valence electrons. The lowest BCUT2D eigenvalue weighted by Gasteiger charge is -2.13. The summed E-state index contributed by atoms with van der Waals surface area (Å²) in [5.74, 6) is 1.47. The van der Waals surface area contributed by atoms with Gasteiger partial charge in [-0.05, 0) is 30.5 Å². The van der Waals surface area contributed by atoms with Gasteiger partial charge in [-0.15, -0.1) is 11.3 Å². The van der Waals surface area contributed by atoms with Gasteiger partial charge in [0.15, 0.2) is 11.5 Å². The van der Waals surface area contributed by atoms with E-state index in [2.05, 4.69) is 11.9 Å². The standard InChI is InChI=1S/C15H20N2O2S/c1-3-12(16)8-11-4-5-13(18-2)14(9-11)19-10-15-17-6-7-20-15/h4-7,9,12H,3,8,10,16H2,1-2H3. The van der Waals surface area contributed by atoms with Gasteiger partial charge in [-0.1, -0.05) is 13.0 Å². The zero-order valence-electron chi connectivity index (χ0n) is 11.8. The van der Waals surface area contributed by atoms with Crippen LogP contribution in [0.3, 0.4) is 0 Å². The molecule has 2 aromatic rings. The largest absolute Gasteiger partial charge is 0.493 e. The quantitative estimate of drug-likeness (QED) is 0.852. The highest BCUT2D eigenvalue weighted by Crippen LogP contribution is 2.29. The molecule has 1 heterocycles. The Hall–Kier alpha value is -1.59. The van der Waals surface area contributed by atoms with E-state index in [9.17, 15) is 0 Å². The highest BCUT2D eigenvalue weighted by Gasteiger charge is 2.09. The van der Waals surface area contributed by atoms with Crippen molar-refractivity contribution in [2.45, 2.75) is 32.4 Å². The third kappa shape index (κ3) is 3.95. The molecular formula is C15H20N2O2S. The van der Waals surface area contributed by atoms with E-state index in [0.717, 1.165) is 34.9 Å². The molecule has 0 bridgehead atoms. The molecule has 2 N–H and O–H groups in total. The SMILES string of the molecule is CCC(N)Cc1ccc(OC)c(OCc2nccs2)c1. The van der Waals surface area contributed by atoms with Crippen molar-refractivity contribution in [3.8, 4) is 11.5 Å². The molecule has 1 aromatic carbocycles. The summed E-state index contributed by atoms with van der Waals surface area (Å²) >= 11 is 1.58. The Morgan fingerprint density at radius 2 is 2.20 bits per heavy atom. The van der Waals surface area contributed by atoms with E-state index in [4.69, 9.17) is 15.2 Å². The summed E-state index contributed by atoms with van der Waals surface area (Å²) in [7, 11) is 1.64. The van der Waals surface area contributed by atoms with Crippen LogP contribution in [0.5, 0.6) is 11.5 Å². The van der Waals surface area contributed by atoms with Crippen LogP contribution in [0.4, 0.5) is 0 Å². The maximum absolute atomic E-state index is 6.00. The van der Waals surface area contributed by atoms with Crippen LogP contribution in [-0.4, -0.2) is 18.1 Å². The van der Waals surface area contributed by atoms with E-state index < -0.39 is 0 Å². The summed E-state index contributed by atoms with van der Waals surface area (Å²) in [6, 6.07) is 6.14. The van der Waals surface area contributed by atoms with Crippen molar-refractivity contribution < 1.29 is 9.47 Å². The lowest BCUT2D eigenvalue weighted by atomic mass is 10.0. The third-order valence-corrected chi connectivity index (χ3v) is 3.84. The Bertz CT molecular complexity index is 529. The monoisotopic (exact) mass is 292 g/mol. The van der Waals surface area contributed by atoms with Crippen LogP contribution in [0.2, 0.25) is 0 Å². The Kier molecular flexibility index (Phi) is 5.38. The molecule has 0 aliphatic carbocycles. The van der Waals surface area contributed by atoms with Crippen molar-refractivity contribution in [2.75, 3.05) is 7.11 Å². The molecule has 0 aliphatic rings. The summed E-state index contributed by atoms with van der Waals surface area (Å²) in [6.45, 7) is 2.55. The van der Waals surface area contributed by atoms with Crippen molar-refractivity contribution >= 4 is 11.3 Å². The lowest BCUT2D eigenvalue weighted by molar-refractivity contribution is 0.283. The summed E-state index contributed by atoms with van der Waals surface area (Å²) in [5.41, 5.74) is 7.16. The highest BCUT2D eigenvalue weighted by molar-refractivity contribution is 7.09. The maximum Gasteiger partial charge on any atom is 0.162 e. The molecule has 0 radical (unpaired) electrons. The number of thiazole rings is 1. The second-order valence-corrected chi connectivity index (χ2v) is 5.55. The Labute approximate surface area is 123 Å². The number of rotatable bonds is 7. The molecule has 5 heteroatoms. The van der Waals surface area contributed by atoms with Crippen LogP contribution in [0.1, 0.15) is 23.9 Å². The number of ether oxygens (including phenoxy) is 2. The van der Waals surface area contributed by atoms with Gasteiger partial charge in [0, 0.05) is 17.6 Å². The zero-order chi connectivity index (χ0) is 14.4. The topological polar surface area (TPSA) is 57.4 Å². The minimum absolute atomic E-state index is 0.176. The molecule has 2 rings (SSSR count). The van der Waals surface area contributed by atoms with Crippen molar-refractivity contribution in [2.24, 2.45) is 5.73 Å². The Morgan fingerprint density at radius 1 is 1.35 bits per heavy atom. The van der Waals surface area contributed by atoms with E-state index in [1.54, 1.807) is 24.6 Å². The molecule has 0 spiro atoms. The summed E-state index contributed by atoms with van der Waals surface area (Å²) in [4.78, 5) is 4.20. The van der Waals surface area contributed by atoms with Gasteiger partial charge in [0.05, 0.1) is 7.11 Å². The van der Waals surface area contributed by atoms with Crippen LogP contribution < -0.4 is 15.2 Å². The van der Waals surface area contributed by atoms with Gasteiger partial charge in [0.1, 0.15) is 11.6 Å². The number of hydrogen-bond acceptors (Lipinski definition) is 5. The van der Waals surface area contributed by atoms with Crippen LogP contribution >= 0.6 is 11.3 Å². The second-order valence-electron chi connectivity index (χ2n) is 4.57. The predicted molar refractivity (Wildman–Crippen MR) is 81.4 cm³/mol. The molecule has 0 fully saturated rings. The minimum Gasteiger partial charge on any atom is -0.493 e. The molecule has 20 heavy (non-hydrogen) atoms. The minimum atomic E-state index is 0.176. The van der Waals surface area contributed by atoms with Crippen molar-refractivity contribution in [1.29, 1.82) is 0 Å². The van der Waals surface area contributed by atoms with Gasteiger partial charge >= 0.3 is 0 Å². The van der Waals surface area contributed by atoms with Gasteiger partial charge < -0.3 is 15.2 Å². The van der Waals surface area contributed by atoms with E-state index in [0.29, 0.717) is 6.61 Å². The van der Waals surface area contributed by atoms with Crippen molar-refractivity contribution in [3.63, 3.8) is 0 Å². The molecule has 1 aromatic heterocycles. The van der Waals surface area contributed by atoms with Crippen LogP contribution in [0.25, 0.3) is 0 Å². The third-order valence-electron chi connectivity index (χ3n) is 3.08. The average Bonchev–Trinajstić information content (AvgIpc) is 2.98. The van der Waals surface area contributed by atoms with Gasteiger partial charge in [-0.25, -0.2) is 4.98 Å². The van der Waals surface area contributed by atoms with E-state index in [1.807, 2.05) is 23.6 Å². The average molecular weight is 292 g/mol. The van der Waals surface area contributed by atoms with Gasteiger partial charge in [0.2, 0.25) is 0 Å². The number of benzene rings is 1. The number of nitrogens with zero attached hydrogens (tertiary/aromatic N) is 1. The van der Waals surface area contributed by atoms with E-state index in [-0.39, 0.29) is 6.04 Å². The highest BCUT2D eigenvalue weighted by atomic mass is 32.1. The van der Waals surface area contributed by atoms with Crippen LogP contribution in [0.15, 0.2) is 29.8 Å². The first kappa shape index (κ1) is 14.8. The smallest absolute Gasteiger partial charge is 0.162 e. The number of methoxy groups -OCH3 is 1.